The van der Waals surface area contributed by atoms with Crippen LogP contribution in [0.3, 0.4) is 0 Å². The maximum Gasteiger partial charge on any atom is 0.225 e. The van der Waals surface area contributed by atoms with E-state index in [1.807, 2.05) is 49.5 Å². The van der Waals surface area contributed by atoms with E-state index in [9.17, 15) is 4.79 Å². The Balaban J connectivity index is 1.66. The first-order valence-electron chi connectivity index (χ1n) is 8.35. The molecule has 1 aromatic carbocycles. The molecule has 1 saturated heterocycles. The van der Waals surface area contributed by atoms with Gasteiger partial charge in [-0.1, -0.05) is 25.1 Å². The van der Waals surface area contributed by atoms with Gasteiger partial charge in [0.05, 0.1) is 24.6 Å². The van der Waals surface area contributed by atoms with Crippen molar-refractivity contribution in [3.05, 3.63) is 54.4 Å². The molecule has 126 valence electrons. The van der Waals surface area contributed by atoms with E-state index < -0.39 is 0 Å². The lowest BCUT2D eigenvalue weighted by molar-refractivity contribution is -0.116. The van der Waals surface area contributed by atoms with Crippen LogP contribution in [0.2, 0.25) is 0 Å². The minimum absolute atomic E-state index is 0.0204. The van der Waals surface area contributed by atoms with Crippen molar-refractivity contribution < 1.29 is 9.53 Å². The largest absolute Gasteiger partial charge is 0.378 e. The smallest absolute Gasteiger partial charge is 0.225 e. The fourth-order valence-electron chi connectivity index (χ4n) is 2.92. The highest BCUT2D eigenvalue weighted by molar-refractivity contribution is 5.94. The number of aromatic nitrogens is 1. The van der Waals surface area contributed by atoms with Crippen LogP contribution < -0.4 is 10.2 Å². The summed E-state index contributed by atoms with van der Waals surface area (Å²) in [4.78, 5) is 18.8. The zero-order chi connectivity index (χ0) is 16.8. The Bertz CT molecular complexity index is 669. The van der Waals surface area contributed by atoms with Gasteiger partial charge in [-0.25, -0.2) is 0 Å². The molecule has 1 aliphatic heterocycles. The molecule has 1 amide bonds. The van der Waals surface area contributed by atoms with Gasteiger partial charge in [0.1, 0.15) is 0 Å². The van der Waals surface area contributed by atoms with Crippen molar-refractivity contribution >= 4 is 17.3 Å². The number of nitrogens with one attached hydrogen (secondary N) is 1. The van der Waals surface area contributed by atoms with E-state index >= 15 is 0 Å². The SMILES string of the molecule is CC(CC(=O)Nc1ccccc1N1CCOCC1)c1cccnc1. The van der Waals surface area contributed by atoms with Crippen LogP contribution in [0.25, 0.3) is 0 Å². The Morgan fingerprint density at radius 2 is 2.04 bits per heavy atom. The van der Waals surface area contributed by atoms with E-state index in [4.69, 9.17) is 4.74 Å². The molecule has 1 aromatic heterocycles. The number of amides is 1. The number of benzene rings is 1. The van der Waals surface area contributed by atoms with Crippen LogP contribution in [0.15, 0.2) is 48.8 Å². The summed E-state index contributed by atoms with van der Waals surface area (Å²) in [7, 11) is 0. The van der Waals surface area contributed by atoms with Crippen molar-refractivity contribution in [3.8, 4) is 0 Å². The molecule has 5 nitrogen and oxygen atoms in total. The molecule has 0 saturated carbocycles. The fraction of sp³-hybridized carbons (Fsp3) is 0.368. The number of nitrogens with zero attached hydrogens (tertiary/aromatic N) is 2. The second-order valence-electron chi connectivity index (χ2n) is 6.06. The third kappa shape index (κ3) is 4.11. The Hall–Kier alpha value is -2.40. The van der Waals surface area contributed by atoms with Crippen LogP contribution in [-0.2, 0) is 9.53 Å². The number of carbonyl (C=O) groups excluding carboxylic acids is 1. The van der Waals surface area contributed by atoms with Gasteiger partial charge in [0.2, 0.25) is 5.91 Å². The highest BCUT2D eigenvalue weighted by Gasteiger charge is 2.17. The minimum Gasteiger partial charge on any atom is -0.378 e. The molecule has 0 spiro atoms. The molecule has 0 aliphatic carbocycles. The molecule has 2 heterocycles. The van der Waals surface area contributed by atoms with Gasteiger partial charge in [-0.15, -0.1) is 0 Å². The number of hydrogen-bond donors (Lipinski definition) is 1. The molecule has 0 bridgehead atoms. The van der Waals surface area contributed by atoms with Crippen molar-refractivity contribution in [1.82, 2.24) is 4.98 Å². The highest BCUT2D eigenvalue weighted by atomic mass is 16.5. The Morgan fingerprint density at radius 1 is 1.25 bits per heavy atom. The van der Waals surface area contributed by atoms with Crippen molar-refractivity contribution in [3.63, 3.8) is 0 Å². The minimum atomic E-state index is 0.0204. The van der Waals surface area contributed by atoms with Crippen LogP contribution >= 0.6 is 0 Å². The summed E-state index contributed by atoms with van der Waals surface area (Å²) in [5.74, 6) is 0.154. The predicted molar refractivity (Wildman–Crippen MR) is 95.4 cm³/mol. The topological polar surface area (TPSA) is 54.5 Å². The monoisotopic (exact) mass is 325 g/mol. The summed E-state index contributed by atoms with van der Waals surface area (Å²) < 4.78 is 5.41. The Kier molecular flexibility index (Phi) is 5.43. The van der Waals surface area contributed by atoms with Crippen LogP contribution in [0.5, 0.6) is 0 Å². The molecule has 1 N–H and O–H groups in total. The van der Waals surface area contributed by atoms with Crippen molar-refractivity contribution in [2.75, 3.05) is 36.5 Å². The zero-order valence-corrected chi connectivity index (χ0v) is 13.9. The number of para-hydroxylation sites is 2. The van der Waals surface area contributed by atoms with Gasteiger partial charge in [0.25, 0.3) is 0 Å². The molecule has 1 atom stereocenters. The Morgan fingerprint density at radius 3 is 2.79 bits per heavy atom. The summed E-state index contributed by atoms with van der Waals surface area (Å²) in [6, 6.07) is 11.9. The van der Waals surface area contributed by atoms with Gasteiger partial charge in [0, 0.05) is 31.9 Å². The molecular formula is C19H23N3O2. The van der Waals surface area contributed by atoms with Gasteiger partial charge < -0.3 is 15.0 Å². The molecule has 3 rings (SSSR count). The number of pyridine rings is 1. The van der Waals surface area contributed by atoms with Gasteiger partial charge in [-0.05, 0) is 29.7 Å². The number of ether oxygens (including phenoxy) is 1. The third-order valence-corrected chi connectivity index (χ3v) is 4.27. The van der Waals surface area contributed by atoms with Crippen LogP contribution in [0, 0.1) is 0 Å². The zero-order valence-electron chi connectivity index (χ0n) is 13.9. The summed E-state index contributed by atoms with van der Waals surface area (Å²) in [6.45, 7) is 5.18. The van der Waals surface area contributed by atoms with Crippen LogP contribution in [0.4, 0.5) is 11.4 Å². The lowest BCUT2D eigenvalue weighted by Crippen LogP contribution is -2.36. The van der Waals surface area contributed by atoms with Gasteiger partial charge in [-0.3, -0.25) is 9.78 Å². The lowest BCUT2D eigenvalue weighted by Gasteiger charge is -2.30. The average molecular weight is 325 g/mol. The van der Waals surface area contributed by atoms with Gasteiger partial charge in [0.15, 0.2) is 0 Å². The van der Waals surface area contributed by atoms with E-state index in [0.29, 0.717) is 6.42 Å². The summed E-state index contributed by atoms with van der Waals surface area (Å²) >= 11 is 0. The van der Waals surface area contributed by atoms with Crippen molar-refractivity contribution in [1.29, 1.82) is 0 Å². The second-order valence-corrected chi connectivity index (χ2v) is 6.06. The molecule has 2 aromatic rings. The number of anilines is 2. The fourth-order valence-corrected chi connectivity index (χ4v) is 2.92. The van der Waals surface area contributed by atoms with E-state index in [1.54, 1.807) is 6.20 Å². The second kappa shape index (κ2) is 7.93. The first-order valence-corrected chi connectivity index (χ1v) is 8.35. The first-order chi connectivity index (χ1) is 11.7. The number of hydrogen-bond acceptors (Lipinski definition) is 4. The van der Waals surface area contributed by atoms with E-state index in [0.717, 1.165) is 43.2 Å². The van der Waals surface area contributed by atoms with Crippen LogP contribution in [0.1, 0.15) is 24.8 Å². The molecule has 1 unspecified atom stereocenters. The van der Waals surface area contributed by atoms with E-state index in [1.165, 1.54) is 0 Å². The molecule has 1 fully saturated rings. The van der Waals surface area contributed by atoms with E-state index in [2.05, 4.69) is 15.2 Å². The predicted octanol–water partition coefficient (Wildman–Crippen LogP) is 3.05. The average Bonchev–Trinajstić information content (AvgIpc) is 2.63. The Labute approximate surface area is 142 Å². The van der Waals surface area contributed by atoms with E-state index in [-0.39, 0.29) is 11.8 Å². The van der Waals surface area contributed by atoms with Gasteiger partial charge >= 0.3 is 0 Å². The van der Waals surface area contributed by atoms with Crippen molar-refractivity contribution in [2.45, 2.75) is 19.3 Å². The quantitative estimate of drug-likeness (QED) is 0.918. The maximum atomic E-state index is 12.5. The molecular weight excluding hydrogens is 302 g/mol. The number of carbonyl (C=O) groups is 1. The summed E-state index contributed by atoms with van der Waals surface area (Å²) in [6.07, 6.45) is 4.00. The third-order valence-electron chi connectivity index (χ3n) is 4.27. The van der Waals surface area contributed by atoms with Gasteiger partial charge in [-0.2, -0.15) is 0 Å². The lowest BCUT2D eigenvalue weighted by atomic mass is 9.99. The number of rotatable bonds is 5. The maximum absolute atomic E-state index is 12.5. The summed E-state index contributed by atoms with van der Waals surface area (Å²) in [5.41, 5.74) is 3.00. The number of morpholine rings is 1. The molecule has 5 heteroatoms. The van der Waals surface area contributed by atoms with Crippen molar-refractivity contribution in [2.24, 2.45) is 0 Å². The normalized spacial score (nSPS) is 15.8. The highest BCUT2D eigenvalue weighted by Crippen LogP contribution is 2.27. The standard InChI is InChI=1S/C19H23N3O2/c1-15(16-5-4-8-20-14-16)13-19(23)21-17-6-2-3-7-18(17)22-9-11-24-12-10-22/h2-8,14-15H,9-13H2,1H3,(H,21,23). The van der Waals surface area contributed by atoms with Crippen LogP contribution in [-0.4, -0.2) is 37.2 Å². The molecule has 1 aliphatic rings. The molecule has 0 radical (unpaired) electrons. The molecule has 24 heavy (non-hydrogen) atoms. The first kappa shape index (κ1) is 16.5. The summed E-state index contributed by atoms with van der Waals surface area (Å²) in [5, 5.41) is 3.07.